The van der Waals surface area contributed by atoms with Crippen LogP contribution in [-0.4, -0.2) is 41.8 Å². The van der Waals surface area contributed by atoms with E-state index in [2.05, 4.69) is 10.2 Å². The maximum absolute atomic E-state index is 12.5. The molecule has 4 rings (SSSR count). The summed E-state index contributed by atoms with van der Waals surface area (Å²) in [6, 6.07) is 3.58. The van der Waals surface area contributed by atoms with Gasteiger partial charge >= 0.3 is 0 Å². The number of halogens is 4. The standard InChI is InChI=1S/2C12H15FN4O.2ClH/c1-2-16-4-3-11-10(12(16)18)7-15-17(11)8-9(5-13)6-14;1-2-16-4-3-11-10(12(16)18)8-17(15-11)7-9(5-13)6-14;;/h3-5,7H,2,6,8,14H2,1H3;3-5,8H,2,6-7,14H2,1H3;2*1H/b2*9-5+;;. The Balaban J connectivity index is 0.000000361. The zero-order valence-corrected chi connectivity index (χ0v) is 22.7. The third-order valence-electron chi connectivity index (χ3n) is 5.71. The van der Waals surface area contributed by atoms with Gasteiger partial charge in [0, 0.05) is 44.8 Å². The van der Waals surface area contributed by atoms with Gasteiger partial charge in [-0.05, 0) is 37.1 Å². The molecule has 0 unspecified atom stereocenters. The fourth-order valence-corrected chi connectivity index (χ4v) is 3.62. The van der Waals surface area contributed by atoms with Gasteiger partial charge in [-0.25, -0.2) is 8.78 Å². The summed E-state index contributed by atoms with van der Waals surface area (Å²) < 4.78 is 31.3. The van der Waals surface area contributed by atoms with Gasteiger partial charge in [-0.3, -0.25) is 19.0 Å². The fraction of sp³-hybridized carbons (Fsp3) is 0.333. The van der Waals surface area contributed by atoms with Gasteiger partial charge < -0.3 is 20.6 Å². The first-order chi connectivity index (χ1) is 17.4. The van der Waals surface area contributed by atoms with Crippen LogP contribution in [0.3, 0.4) is 0 Å². The predicted octanol–water partition coefficient (Wildman–Crippen LogP) is 2.90. The summed E-state index contributed by atoms with van der Waals surface area (Å²) in [7, 11) is 0. The van der Waals surface area contributed by atoms with Gasteiger partial charge in [0.25, 0.3) is 11.1 Å². The molecule has 0 aliphatic heterocycles. The molecule has 0 spiro atoms. The maximum Gasteiger partial charge on any atom is 0.261 e. The first kappa shape index (κ1) is 32.7. The SMILES string of the molecule is CCn1ccc2c(cnn2C/C(=C/F)CN)c1=O.CCn1ccc2nn(C/C(=C/F)CN)cc2c1=O.Cl.Cl. The Morgan fingerprint density at radius 2 is 1.45 bits per heavy atom. The number of aromatic nitrogens is 6. The fourth-order valence-electron chi connectivity index (χ4n) is 3.62. The summed E-state index contributed by atoms with van der Waals surface area (Å²) in [5, 5.41) is 9.41. The summed E-state index contributed by atoms with van der Waals surface area (Å²) in [5.74, 6) is 0. The van der Waals surface area contributed by atoms with E-state index in [0.29, 0.717) is 58.7 Å². The monoisotopic (exact) mass is 572 g/mol. The molecule has 4 aromatic rings. The van der Waals surface area contributed by atoms with Gasteiger partial charge in [0.15, 0.2) is 0 Å². The Hall–Kier alpha value is -3.32. The molecule has 0 aromatic carbocycles. The second kappa shape index (κ2) is 15.2. The number of aryl methyl sites for hydroxylation is 2. The Kier molecular flexibility index (Phi) is 13.1. The van der Waals surface area contributed by atoms with Crippen molar-refractivity contribution in [1.82, 2.24) is 28.7 Å². The quantitative estimate of drug-likeness (QED) is 0.333. The molecule has 0 saturated carbocycles. The number of hydrogen-bond acceptors (Lipinski definition) is 6. The van der Waals surface area contributed by atoms with E-state index in [4.69, 9.17) is 11.5 Å². The van der Waals surface area contributed by atoms with Crippen molar-refractivity contribution in [2.75, 3.05) is 13.1 Å². The Morgan fingerprint density at radius 3 is 2.00 bits per heavy atom. The van der Waals surface area contributed by atoms with Crippen molar-refractivity contribution in [3.05, 3.63) is 81.4 Å². The van der Waals surface area contributed by atoms with Crippen molar-refractivity contribution in [3.63, 3.8) is 0 Å². The average Bonchev–Trinajstić information content (AvgIpc) is 3.51. The minimum absolute atomic E-state index is 0. The number of nitrogens with two attached hydrogens (primary N) is 2. The molecule has 0 radical (unpaired) electrons. The molecule has 4 heterocycles. The summed E-state index contributed by atoms with van der Waals surface area (Å²) in [6.45, 7) is 5.79. The molecule has 0 bridgehead atoms. The lowest BCUT2D eigenvalue weighted by Crippen LogP contribution is -2.18. The van der Waals surface area contributed by atoms with E-state index in [9.17, 15) is 18.4 Å². The lowest BCUT2D eigenvalue weighted by molar-refractivity contribution is 0.637. The second-order valence-electron chi connectivity index (χ2n) is 7.98. The van der Waals surface area contributed by atoms with Crippen LogP contribution in [0.5, 0.6) is 0 Å². The van der Waals surface area contributed by atoms with Crippen molar-refractivity contribution >= 4 is 46.6 Å². The maximum atomic E-state index is 12.5. The molecule has 14 heteroatoms. The average molecular weight is 573 g/mol. The van der Waals surface area contributed by atoms with E-state index in [1.165, 1.54) is 10.9 Å². The number of rotatable bonds is 8. The topological polar surface area (TPSA) is 132 Å². The van der Waals surface area contributed by atoms with Crippen LogP contribution in [0.2, 0.25) is 0 Å². The van der Waals surface area contributed by atoms with E-state index in [1.54, 1.807) is 44.5 Å². The van der Waals surface area contributed by atoms with Crippen molar-refractivity contribution in [3.8, 4) is 0 Å². The highest BCUT2D eigenvalue weighted by Gasteiger charge is 2.09. The van der Waals surface area contributed by atoms with Crippen LogP contribution in [0.15, 0.2) is 70.3 Å². The molecule has 0 atom stereocenters. The van der Waals surface area contributed by atoms with Gasteiger partial charge in [0.2, 0.25) is 0 Å². The number of hydrogen-bond donors (Lipinski definition) is 2. The molecule has 10 nitrogen and oxygen atoms in total. The molecule has 0 fully saturated rings. The van der Waals surface area contributed by atoms with E-state index >= 15 is 0 Å². The summed E-state index contributed by atoms with van der Waals surface area (Å²) >= 11 is 0. The third-order valence-corrected chi connectivity index (χ3v) is 5.71. The number of pyridine rings is 2. The van der Waals surface area contributed by atoms with E-state index < -0.39 is 0 Å². The summed E-state index contributed by atoms with van der Waals surface area (Å²) in [4.78, 5) is 24.0. The Morgan fingerprint density at radius 1 is 0.895 bits per heavy atom. The zero-order valence-electron chi connectivity index (χ0n) is 21.1. The smallest absolute Gasteiger partial charge is 0.261 e. The van der Waals surface area contributed by atoms with Gasteiger partial charge in [0.05, 0.1) is 53.8 Å². The molecular formula is C24H32Cl2F2N8O2. The Labute approximate surface area is 230 Å². The zero-order chi connectivity index (χ0) is 26.2. The molecule has 4 N–H and O–H groups in total. The molecule has 208 valence electrons. The van der Waals surface area contributed by atoms with Gasteiger partial charge in [-0.2, -0.15) is 10.2 Å². The van der Waals surface area contributed by atoms with Crippen LogP contribution in [0, 0.1) is 0 Å². The van der Waals surface area contributed by atoms with Gasteiger partial charge in [0.1, 0.15) is 0 Å². The van der Waals surface area contributed by atoms with Crippen LogP contribution >= 0.6 is 24.8 Å². The largest absolute Gasteiger partial charge is 0.327 e. The molecular weight excluding hydrogens is 541 g/mol. The summed E-state index contributed by atoms with van der Waals surface area (Å²) in [5.41, 5.74) is 12.8. The third kappa shape index (κ3) is 7.16. The lowest BCUT2D eigenvalue weighted by atomic mass is 10.3. The molecule has 0 amide bonds. The first-order valence-electron chi connectivity index (χ1n) is 11.5. The Bertz CT molecular complexity index is 1500. The molecule has 4 aromatic heterocycles. The van der Waals surface area contributed by atoms with Gasteiger partial charge in [-0.15, -0.1) is 24.8 Å². The van der Waals surface area contributed by atoms with Crippen molar-refractivity contribution in [1.29, 1.82) is 0 Å². The number of nitrogens with zero attached hydrogens (tertiary/aromatic N) is 6. The van der Waals surface area contributed by atoms with Crippen LogP contribution in [0.25, 0.3) is 21.8 Å². The minimum atomic E-state index is -0.0835. The number of fused-ring (bicyclic) bond motifs is 2. The van der Waals surface area contributed by atoms with Crippen molar-refractivity contribution in [2.24, 2.45) is 11.5 Å². The van der Waals surface area contributed by atoms with E-state index in [-0.39, 0.29) is 62.1 Å². The van der Waals surface area contributed by atoms with Gasteiger partial charge in [-0.1, -0.05) is 0 Å². The molecule has 0 saturated heterocycles. The molecule has 38 heavy (non-hydrogen) atoms. The van der Waals surface area contributed by atoms with Crippen LogP contribution < -0.4 is 22.6 Å². The van der Waals surface area contributed by atoms with Crippen LogP contribution in [0.1, 0.15) is 13.8 Å². The summed E-state index contributed by atoms with van der Waals surface area (Å²) in [6.07, 6.45) is 7.53. The van der Waals surface area contributed by atoms with E-state index in [0.717, 1.165) is 0 Å². The minimum Gasteiger partial charge on any atom is -0.327 e. The molecule has 0 aliphatic carbocycles. The normalized spacial score (nSPS) is 11.6. The van der Waals surface area contributed by atoms with E-state index in [1.807, 2.05) is 13.8 Å². The second-order valence-corrected chi connectivity index (χ2v) is 7.98. The highest BCUT2D eigenvalue weighted by atomic mass is 35.5. The highest BCUT2D eigenvalue weighted by molar-refractivity contribution is 5.85. The first-order valence-corrected chi connectivity index (χ1v) is 11.5. The highest BCUT2D eigenvalue weighted by Crippen LogP contribution is 2.11. The van der Waals surface area contributed by atoms with Crippen LogP contribution in [-0.2, 0) is 26.2 Å². The van der Waals surface area contributed by atoms with Crippen LogP contribution in [0.4, 0.5) is 8.78 Å². The van der Waals surface area contributed by atoms with Crippen molar-refractivity contribution < 1.29 is 8.78 Å². The van der Waals surface area contributed by atoms with Crippen molar-refractivity contribution in [2.45, 2.75) is 40.0 Å². The lowest BCUT2D eigenvalue weighted by Gasteiger charge is -2.06. The molecule has 0 aliphatic rings. The predicted molar refractivity (Wildman–Crippen MR) is 150 cm³/mol.